The molecule has 4 heteroatoms. The zero-order valence-electron chi connectivity index (χ0n) is 10.1. The van der Waals surface area contributed by atoms with E-state index < -0.39 is 0 Å². The van der Waals surface area contributed by atoms with Gasteiger partial charge >= 0.3 is 0 Å². The third kappa shape index (κ3) is 4.90. The predicted octanol–water partition coefficient (Wildman–Crippen LogP) is 4.90. The van der Waals surface area contributed by atoms with E-state index in [9.17, 15) is 4.79 Å². The Kier molecular flexibility index (Phi) is 5.32. The Morgan fingerprint density at radius 2 is 1.74 bits per heavy atom. The summed E-state index contributed by atoms with van der Waals surface area (Å²) >= 11 is 13.2. The third-order valence-electron chi connectivity index (χ3n) is 2.51. The van der Waals surface area contributed by atoms with Crippen LogP contribution in [-0.2, 0) is 11.2 Å². The molecule has 1 nitrogen and oxygen atoms in total. The van der Waals surface area contributed by atoms with Crippen LogP contribution in [-0.4, -0.2) is 11.5 Å². The van der Waals surface area contributed by atoms with E-state index in [1.807, 2.05) is 36.4 Å². The van der Waals surface area contributed by atoms with E-state index in [0.29, 0.717) is 22.2 Å². The van der Waals surface area contributed by atoms with Crippen LogP contribution in [0.15, 0.2) is 53.4 Å². The first kappa shape index (κ1) is 14.4. The fourth-order valence-corrected chi connectivity index (χ4v) is 2.80. The molecule has 0 unspecified atom stereocenters. The van der Waals surface area contributed by atoms with Crippen LogP contribution < -0.4 is 0 Å². The number of benzene rings is 2. The van der Waals surface area contributed by atoms with Crippen molar-refractivity contribution in [3.05, 3.63) is 64.1 Å². The Morgan fingerprint density at radius 3 is 2.42 bits per heavy atom. The topological polar surface area (TPSA) is 17.1 Å². The van der Waals surface area contributed by atoms with Crippen LogP contribution in [0.2, 0.25) is 10.0 Å². The number of ketones is 1. The summed E-state index contributed by atoms with van der Waals surface area (Å²) < 4.78 is 0. The summed E-state index contributed by atoms with van der Waals surface area (Å²) in [6, 6.07) is 14.9. The van der Waals surface area contributed by atoms with Crippen molar-refractivity contribution in [3.63, 3.8) is 0 Å². The molecule has 2 rings (SSSR count). The average molecular weight is 311 g/mol. The molecular formula is C15H12Cl2OS. The van der Waals surface area contributed by atoms with E-state index in [-0.39, 0.29) is 5.78 Å². The number of Topliss-reactive ketones (excluding diaryl/α,β-unsaturated/α-hetero) is 1. The second-order valence-electron chi connectivity index (χ2n) is 4.09. The van der Waals surface area contributed by atoms with Crippen LogP contribution in [0.1, 0.15) is 5.56 Å². The fraction of sp³-hybridized carbons (Fsp3) is 0.133. The number of carbonyl (C=O) groups is 1. The first-order valence-electron chi connectivity index (χ1n) is 5.78. The lowest BCUT2D eigenvalue weighted by atomic mass is 10.1. The van der Waals surface area contributed by atoms with Crippen molar-refractivity contribution >= 4 is 40.7 Å². The molecule has 0 aliphatic rings. The minimum atomic E-state index is 0.187. The molecule has 2 aromatic rings. The first-order chi connectivity index (χ1) is 9.13. The van der Waals surface area contributed by atoms with E-state index in [2.05, 4.69) is 0 Å². The molecule has 0 aliphatic heterocycles. The fourth-order valence-electron chi connectivity index (χ4n) is 1.60. The minimum absolute atomic E-state index is 0.187. The maximum atomic E-state index is 11.9. The molecule has 0 spiro atoms. The highest BCUT2D eigenvalue weighted by Gasteiger charge is 2.05. The molecular weight excluding hydrogens is 299 g/mol. The monoisotopic (exact) mass is 310 g/mol. The summed E-state index contributed by atoms with van der Waals surface area (Å²) in [6.45, 7) is 0. The zero-order valence-corrected chi connectivity index (χ0v) is 12.4. The Labute approximate surface area is 126 Å². The summed E-state index contributed by atoms with van der Waals surface area (Å²) in [5.74, 6) is 0.635. The van der Waals surface area contributed by atoms with Gasteiger partial charge in [0.05, 0.1) is 5.75 Å². The number of thioether (sulfide) groups is 1. The molecule has 0 N–H and O–H groups in total. The van der Waals surface area contributed by atoms with Gasteiger partial charge in [-0.15, -0.1) is 11.8 Å². The molecule has 0 atom stereocenters. The summed E-state index contributed by atoms with van der Waals surface area (Å²) in [7, 11) is 0. The highest BCUT2D eigenvalue weighted by molar-refractivity contribution is 8.00. The Bertz CT molecular complexity index is 567. The smallest absolute Gasteiger partial charge is 0.147 e. The summed E-state index contributed by atoms with van der Waals surface area (Å²) in [4.78, 5) is 12.9. The molecule has 0 heterocycles. The Morgan fingerprint density at radius 1 is 1.00 bits per heavy atom. The first-order valence-corrected chi connectivity index (χ1v) is 7.52. The molecule has 19 heavy (non-hydrogen) atoms. The van der Waals surface area contributed by atoms with Crippen molar-refractivity contribution in [2.24, 2.45) is 0 Å². The quantitative estimate of drug-likeness (QED) is 0.731. The maximum absolute atomic E-state index is 11.9. The number of halogens is 2. The maximum Gasteiger partial charge on any atom is 0.147 e. The molecule has 0 fully saturated rings. The second kappa shape index (κ2) is 6.99. The van der Waals surface area contributed by atoms with E-state index in [1.165, 1.54) is 11.8 Å². The van der Waals surface area contributed by atoms with E-state index in [4.69, 9.17) is 23.2 Å². The highest BCUT2D eigenvalue weighted by atomic mass is 35.5. The molecule has 0 aliphatic carbocycles. The van der Waals surface area contributed by atoms with Crippen molar-refractivity contribution in [2.45, 2.75) is 11.3 Å². The van der Waals surface area contributed by atoms with Gasteiger partial charge in [-0.05, 0) is 35.9 Å². The van der Waals surface area contributed by atoms with Gasteiger partial charge in [-0.2, -0.15) is 0 Å². The Balaban J connectivity index is 1.86. The summed E-state index contributed by atoms with van der Waals surface area (Å²) in [5, 5.41) is 1.37. The number of rotatable bonds is 5. The van der Waals surface area contributed by atoms with Crippen molar-refractivity contribution in [1.82, 2.24) is 0 Å². The normalized spacial score (nSPS) is 10.4. The van der Waals surface area contributed by atoms with Crippen LogP contribution in [0.5, 0.6) is 0 Å². The third-order valence-corrected chi connectivity index (χ3v) is 4.05. The van der Waals surface area contributed by atoms with Crippen LogP contribution in [0.25, 0.3) is 0 Å². The molecule has 0 radical (unpaired) electrons. The van der Waals surface area contributed by atoms with Crippen LogP contribution in [0.4, 0.5) is 0 Å². The van der Waals surface area contributed by atoms with Gasteiger partial charge < -0.3 is 0 Å². The van der Waals surface area contributed by atoms with Gasteiger partial charge in [0.15, 0.2) is 0 Å². The van der Waals surface area contributed by atoms with Gasteiger partial charge in [0.1, 0.15) is 5.78 Å². The predicted molar refractivity (Wildman–Crippen MR) is 82.3 cm³/mol. The standard InChI is InChI=1S/C15H12Cl2OS/c16-12-6-4-11(5-7-12)8-14(18)10-19-15-3-1-2-13(17)9-15/h1-7,9H,8,10H2. The van der Waals surface area contributed by atoms with E-state index in [0.717, 1.165) is 10.5 Å². The highest BCUT2D eigenvalue weighted by Crippen LogP contribution is 2.22. The van der Waals surface area contributed by atoms with Gasteiger partial charge in [0.2, 0.25) is 0 Å². The van der Waals surface area contributed by atoms with E-state index >= 15 is 0 Å². The van der Waals surface area contributed by atoms with Crippen molar-refractivity contribution < 1.29 is 4.79 Å². The van der Waals surface area contributed by atoms with Crippen LogP contribution in [0, 0.1) is 0 Å². The van der Waals surface area contributed by atoms with Crippen molar-refractivity contribution in [1.29, 1.82) is 0 Å². The number of hydrogen-bond acceptors (Lipinski definition) is 2. The molecule has 2 aromatic carbocycles. The second-order valence-corrected chi connectivity index (χ2v) is 6.01. The van der Waals surface area contributed by atoms with Crippen LogP contribution in [0.3, 0.4) is 0 Å². The molecule has 0 saturated heterocycles. The van der Waals surface area contributed by atoms with Crippen molar-refractivity contribution in [3.8, 4) is 0 Å². The van der Waals surface area contributed by atoms with Crippen molar-refractivity contribution in [2.75, 3.05) is 5.75 Å². The SMILES string of the molecule is O=C(CSc1cccc(Cl)c1)Cc1ccc(Cl)cc1. The lowest BCUT2D eigenvalue weighted by Crippen LogP contribution is -2.05. The molecule has 98 valence electrons. The lowest BCUT2D eigenvalue weighted by molar-refractivity contribution is -0.116. The van der Waals surface area contributed by atoms with Gasteiger partial charge in [-0.1, -0.05) is 41.4 Å². The molecule has 0 aromatic heterocycles. The molecule has 0 saturated carbocycles. The molecule has 0 amide bonds. The van der Waals surface area contributed by atoms with Gasteiger partial charge in [-0.3, -0.25) is 4.79 Å². The Hall–Kier alpha value is -0.960. The van der Waals surface area contributed by atoms with Gasteiger partial charge in [-0.25, -0.2) is 0 Å². The van der Waals surface area contributed by atoms with E-state index in [1.54, 1.807) is 12.1 Å². The lowest BCUT2D eigenvalue weighted by Gasteiger charge is -2.03. The average Bonchev–Trinajstić information content (AvgIpc) is 2.39. The summed E-state index contributed by atoms with van der Waals surface area (Å²) in [5.41, 5.74) is 0.987. The largest absolute Gasteiger partial charge is 0.298 e. The minimum Gasteiger partial charge on any atom is -0.298 e. The van der Waals surface area contributed by atoms with Crippen LogP contribution >= 0.6 is 35.0 Å². The van der Waals surface area contributed by atoms with Gasteiger partial charge in [0, 0.05) is 21.4 Å². The number of hydrogen-bond donors (Lipinski definition) is 0. The zero-order chi connectivity index (χ0) is 13.7. The molecule has 0 bridgehead atoms. The number of carbonyl (C=O) groups excluding carboxylic acids is 1. The van der Waals surface area contributed by atoms with Gasteiger partial charge in [0.25, 0.3) is 0 Å². The summed E-state index contributed by atoms with van der Waals surface area (Å²) in [6.07, 6.45) is 0.435.